The van der Waals surface area contributed by atoms with Crippen LogP contribution in [-0.4, -0.2) is 78.7 Å². The summed E-state index contributed by atoms with van der Waals surface area (Å²) in [6.45, 7) is 5.10. The van der Waals surface area contributed by atoms with Crippen molar-refractivity contribution < 1.29 is 28.7 Å². The molecule has 0 aliphatic carbocycles. The molecule has 0 aromatic rings. The summed E-state index contributed by atoms with van der Waals surface area (Å²) in [5.41, 5.74) is -0.656. The lowest BCUT2D eigenvalue weighted by molar-refractivity contribution is -0.141. The van der Waals surface area contributed by atoms with E-state index in [4.69, 9.17) is 4.74 Å². The number of hydrogen-bond acceptors (Lipinski definition) is 7. The van der Waals surface area contributed by atoms with Crippen LogP contribution in [0.25, 0.3) is 0 Å². The summed E-state index contributed by atoms with van der Waals surface area (Å²) in [6.07, 6.45) is -0.553. The van der Waals surface area contributed by atoms with E-state index < -0.39 is 35.5 Å². The zero-order valence-electron chi connectivity index (χ0n) is 14.9. The Morgan fingerprint density at radius 1 is 1.16 bits per heavy atom. The van der Waals surface area contributed by atoms with Crippen molar-refractivity contribution in [1.29, 1.82) is 0 Å². The quantitative estimate of drug-likeness (QED) is 0.637. The zero-order valence-corrected chi connectivity index (χ0v) is 15.7. The van der Waals surface area contributed by atoms with Crippen LogP contribution in [0.1, 0.15) is 20.8 Å². The van der Waals surface area contributed by atoms with Crippen LogP contribution in [0.3, 0.4) is 0 Å². The van der Waals surface area contributed by atoms with Crippen molar-refractivity contribution in [2.24, 2.45) is 0 Å². The van der Waals surface area contributed by atoms with E-state index in [1.54, 1.807) is 32.5 Å². The molecular weight excluding hydrogens is 350 g/mol. The summed E-state index contributed by atoms with van der Waals surface area (Å²) in [4.78, 5) is 48.5. The Morgan fingerprint density at radius 2 is 1.84 bits per heavy atom. The van der Waals surface area contributed by atoms with Gasteiger partial charge >= 0.3 is 12.1 Å². The minimum Gasteiger partial charge on any atom is -0.468 e. The Hall–Kier alpha value is -1.97. The molecule has 1 atom stereocenters. The minimum atomic E-state index is -0.706. The Balaban J connectivity index is 2.54. The second kappa shape index (κ2) is 9.50. The van der Waals surface area contributed by atoms with Gasteiger partial charge < -0.3 is 20.1 Å². The second-order valence-corrected chi connectivity index (χ2v) is 7.48. The summed E-state index contributed by atoms with van der Waals surface area (Å²) in [5.74, 6) is -0.408. The first-order valence-electron chi connectivity index (χ1n) is 7.82. The smallest absolute Gasteiger partial charge is 0.411 e. The van der Waals surface area contributed by atoms with Gasteiger partial charge in [0.25, 0.3) is 0 Å². The van der Waals surface area contributed by atoms with Crippen LogP contribution in [0.2, 0.25) is 0 Å². The van der Waals surface area contributed by atoms with Gasteiger partial charge in [0, 0.05) is 18.1 Å². The summed E-state index contributed by atoms with van der Waals surface area (Å²) in [7, 11) is 1.21. The Morgan fingerprint density at radius 3 is 2.44 bits per heavy atom. The number of carbonyl (C=O) groups is 4. The van der Waals surface area contributed by atoms with Gasteiger partial charge in [-0.25, -0.2) is 4.79 Å². The maximum atomic E-state index is 12.3. The summed E-state index contributed by atoms with van der Waals surface area (Å²) in [5, 5.41) is 4.79. The molecule has 1 aliphatic heterocycles. The van der Waals surface area contributed by atoms with Gasteiger partial charge in [0.15, 0.2) is 0 Å². The highest BCUT2D eigenvalue weighted by Gasteiger charge is 2.35. The molecule has 0 spiro atoms. The van der Waals surface area contributed by atoms with Gasteiger partial charge in [-0.2, -0.15) is 11.8 Å². The van der Waals surface area contributed by atoms with Crippen molar-refractivity contribution in [3.8, 4) is 0 Å². The molecule has 25 heavy (non-hydrogen) atoms. The van der Waals surface area contributed by atoms with Crippen LogP contribution in [0, 0.1) is 0 Å². The molecule has 142 valence electrons. The minimum absolute atomic E-state index is 0.269. The lowest BCUT2D eigenvalue weighted by Gasteiger charge is -2.35. The number of carbonyl (C=O) groups excluding carboxylic acids is 4. The topological polar surface area (TPSA) is 114 Å². The van der Waals surface area contributed by atoms with Crippen LogP contribution < -0.4 is 10.6 Å². The molecule has 1 fully saturated rings. The lowest BCUT2D eigenvalue weighted by Crippen LogP contribution is -2.56. The molecule has 0 bridgehead atoms. The first-order chi connectivity index (χ1) is 11.6. The van der Waals surface area contributed by atoms with Crippen LogP contribution in [0.4, 0.5) is 4.79 Å². The second-order valence-electron chi connectivity index (χ2n) is 6.34. The number of nitrogens with zero attached hydrogens (tertiary/aromatic N) is 1. The molecule has 1 aliphatic rings. The molecule has 2 N–H and O–H groups in total. The largest absolute Gasteiger partial charge is 0.468 e. The van der Waals surface area contributed by atoms with Gasteiger partial charge in [-0.05, 0) is 20.8 Å². The molecule has 9 nitrogen and oxygen atoms in total. The van der Waals surface area contributed by atoms with E-state index in [2.05, 4.69) is 15.4 Å². The molecule has 0 unspecified atom stereocenters. The number of amides is 3. The molecule has 0 saturated carbocycles. The summed E-state index contributed by atoms with van der Waals surface area (Å²) >= 11 is 1.55. The summed E-state index contributed by atoms with van der Waals surface area (Å²) < 4.78 is 9.73. The number of esters is 1. The average Bonchev–Trinajstić information content (AvgIpc) is 2.55. The maximum absolute atomic E-state index is 12.3. The Bertz CT molecular complexity index is 520. The van der Waals surface area contributed by atoms with Crippen molar-refractivity contribution in [2.45, 2.75) is 32.4 Å². The van der Waals surface area contributed by atoms with Crippen molar-refractivity contribution in [2.75, 3.05) is 38.2 Å². The predicted octanol–water partition coefficient (Wildman–Crippen LogP) is -0.256. The first-order valence-corrected chi connectivity index (χ1v) is 8.98. The molecule has 1 saturated heterocycles. The predicted molar refractivity (Wildman–Crippen MR) is 92.1 cm³/mol. The number of methoxy groups -OCH3 is 1. The molecule has 0 aromatic carbocycles. The number of thioether (sulfide) groups is 1. The third-order valence-electron chi connectivity index (χ3n) is 3.14. The van der Waals surface area contributed by atoms with Gasteiger partial charge in [0.2, 0.25) is 11.8 Å². The zero-order chi connectivity index (χ0) is 19.0. The van der Waals surface area contributed by atoms with Gasteiger partial charge in [-0.1, -0.05) is 0 Å². The number of nitrogens with one attached hydrogen (secondary N) is 2. The number of hydrogen-bond donors (Lipinski definition) is 2. The molecule has 1 rings (SSSR count). The van der Waals surface area contributed by atoms with Crippen LogP contribution in [0.5, 0.6) is 0 Å². The highest BCUT2D eigenvalue weighted by Crippen LogP contribution is 2.20. The van der Waals surface area contributed by atoms with Crippen molar-refractivity contribution in [3.05, 3.63) is 0 Å². The molecule has 1 heterocycles. The first kappa shape index (κ1) is 21.1. The van der Waals surface area contributed by atoms with E-state index >= 15 is 0 Å². The summed E-state index contributed by atoms with van der Waals surface area (Å²) in [6, 6.07) is -0.706. The number of ether oxygens (including phenoxy) is 2. The molecule has 3 amide bonds. The average molecular weight is 375 g/mol. The molecule has 0 aromatic heterocycles. The third-order valence-corrected chi connectivity index (χ3v) is 4.16. The van der Waals surface area contributed by atoms with Crippen LogP contribution >= 0.6 is 11.8 Å². The van der Waals surface area contributed by atoms with E-state index in [1.165, 1.54) is 12.0 Å². The van der Waals surface area contributed by atoms with Crippen LogP contribution in [0.15, 0.2) is 0 Å². The van der Waals surface area contributed by atoms with Gasteiger partial charge in [0.1, 0.15) is 18.2 Å². The van der Waals surface area contributed by atoms with E-state index in [9.17, 15) is 19.2 Å². The van der Waals surface area contributed by atoms with Crippen molar-refractivity contribution in [3.63, 3.8) is 0 Å². The van der Waals surface area contributed by atoms with E-state index in [1.807, 2.05) is 0 Å². The van der Waals surface area contributed by atoms with Crippen molar-refractivity contribution >= 4 is 35.6 Å². The fraction of sp³-hybridized carbons (Fsp3) is 0.733. The fourth-order valence-corrected chi connectivity index (χ4v) is 3.00. The highest BCUT2D eigenvalue weighted by molar-refractivity contribution is 7.99. The molecule has 0 radical (unpaired) electrons. The van der Waals surface area contributed by atoms with Gasteiger partial charge in [0.05, 0.1) is 13.7 Å². The fourth-order valence-electron chi connectivity index (χ4n) is 1.95. The van der Waals surface area contributed by atoms with Crippen LogP contribution in [-0.2, 0) is 23.9 Å². The standard InChI is InChI=1S/C15H25N3O6S/c1-15(2,3)24-14(22)18-5-6-25-9-10(18)13(21)17-7-11(19)16-8-12(20)23-4/h10H,5-9H2,1-4H3,(H,16,19)(H,17,21)/t10-/m1/s1. The van der Waals surface area contributed by atoms with Gasteiger partial charge in [-0.15, -0.1) is 0 Å². The number of rotatable bonds is 5. The van der Waals surface area contributed by atoms with Gasteiger partial charge in [-0.3, -0.25) is 19.3 Å². The SMILES string of the molecule is COC(=O)CNC(=O)CNC(=O)[C@H]1CSCCN1C(=O)OC(C)(C)C. The van der Waals surface area contributed by atoms with E-state index in [0.29, 0.717) is 18.1 Å². The molecular formula is C15H25N3O6S. The lowest BCUT2D eigenvalue weighted by atomic mass is 10.2. The molecule has 10 heteroatoms. The normalized spacial score (nSPS) is 17.4. The third kappa shape index (κ3) is 7.63. The highest BCUT2D eigenvalue weighted by atomic mass is 32.2. The van der Waals surface area contributed by atoms with E-state index in [0.717, 1.165) is 0 Å². The van der Waals surface area contributed by atoms with E-state index in [-0.39, 0.29) is 13.1 Å². The Labute approximate surface area is 151 Å². The van der Waals surface area contributed by atoms with Crippen molar-refractivity contribution in [1.82, 2.24) is 15.5 Å². The maximum Gasteiger partial charge on any atom is 0.411 e. The Kier molecular flexibility index (Phi) is 8.01. The monoisotopic (exact) mass is 375 g/mol.